The van der Waals surface area contributed by atoms with Crippen molar-refractivity contribution in [2.24, 2.45) is 0 Å². The zero-order chi connectivity index (χ0) is 20.8. The van der Waals surface area contributed by atoms with Gasteiger partial charge in [-0.2, -0.15) is 5.26 Å². The van der Waals surface area contributed by atoms with E-state index < -0.39 is 5.82 Å². The molecule has 5 rings (SSSR count). The fourth-order valence-electron chi connectivity index (χ4n) is 4.15. The van der Waals surface area contributed by atoms with Crippen LogP contribution in [-0.2, 0) is 6.42 Å². The second-order valence-electron chi connectivity index (χ2n) is 7.44. The van der Waals surface area contributed by atoms with Crippen molar-refractivity contribution in [2.75, 3.05) is 11.4 Å². The second kappa shape index (κ2) is 7.12. The number of aromatic nitrogens is 3. The molecule has 0 aliphatic carbocycles. The number of nitrogens with one attached hydrogen (secondary N) is 1. The van der Waals surface area contributed by atoms with Gasteiger partial charge < -0.3 is 9.88 Å². The van der Waals surface area contributed by atoms with Gasteiger partial charge in [-0.05, 0) is 42.7 Å². The largest absolute Gasteiger partial charge is 0.356 e. The number of rotatable bonds is 2. The summed E-state index contributed by atoms with van der Waals surface area (Å²) in [6, 6.07) is 14.9. The molecule has 1 atom stereocenters. The lowest BCUT2D eigenvalue weighted by Crippen LogP contribution is -2.37. The third-order valence-corrected chi connectivity index (χ3v) is 5.86. The van der Waals surface area contributed by atoms with Crippen molar-refractivity contribution >= 4 is 28.5 Å². The van der Waals surface area contributed by atoms with E-state index >= 15 is 0 Å². The molecule has 0 fully saturated rings. The van der Waals surface area contributed by atoms with E-state index in [1.165, 1.54) is 6.07 Å². The Morgan fingerprint density at radius 3 is 2.80 bits per heavy atom. The van der Waals surface area contributed by atoms with E-state index in [9.17, 15) is 9.65 Å². The molecule has 148 valence electrons. The lowest BCUT2D eigenvalue weighted by molar-refractivity contribution is 0.625. The van der Waals surface area contributed by atoms with E-state index in [4.69, 9.17) is 11.6 Å². The number of H-pyrrole nitrogens is 1. The molecule has 1 N–H and O–H groups in total. The third kappa shape index (κ3) is 2.99. The highest BCUT2D eigenvalue weighted by Gasteiger charge is 2.33. The van der Waals surface area contributed by atoms with E-state index in [0.717, 1.165) is 34.2 Å². The normalized spacial score (nSPS) is 15.8. The molecule has 0 amide bonds. The van der Waals surface area contributed by atoms with Crippen molar-refractivity contribution < 1.29 is 4.39 Å². The van der Waals surface area contributed by atoms with Gasteiger partial charge in [0.1, 0.15) is 17.6 Å². The summed E-state index contributed by atoms with van der Waals surface area (Å²) < 4.78 is 14.1. The van der Waals surface area contributed by atoms with Crippen molar-refractivity contribution in [2.45, 2.75) is 19.4 Å². The number of benzene rings is 2. The van der Waals surface area contributed by atoms with Gasteiger partial charge in [-0.1, -0.05) is 41.4 Å². The Morgan fingerprint density at radius 2 is 2.03 bits per heavy atom. The molecule has 4 aromatic rings. The molecule has 2 aromatic heterocycles. The molecule has 0 saturated carbocycles. The van der Waals surface area contributed by atoms with Crippen molar-refractivity contribution in [3.8, 4) is 6.07 Å². The number of halogens is 2. The van der Waals surface area contributed by atoms with Crippen LogP contribution in [0, 0.1) is 24.1 Å². The molecule has 2 aromatic carbocycles. The van der Waals surface area contributed by atoms with Crippen molar-refractivity contribution in [3.05, 3.63) is 87.6 Å². The molecule has 0 bridgehead atoms. The summed E-state index contributed by atoms with van der Waals surface area (Å²) in [5.74, 6) is 0.0460. The van der Waals surface area contributed by atoms with Crippen molar-refractivity contribution in [1.29, 1.82) is 5.26 Å². The first-order valence-electron chi connectivity index (χ1n) is 9.61. The highest BCUT2D eigenvalue weighted by Crippen LogP contribution is 2.40. The summed E-state index contributed by atoms with van der Waals surface area (Å²) in [4.78, 5) is 14.3. The first-order chi connectivity index (χ1) is 14.5. The average molecular weight is 418 g/mol. The Bertz CT molecular complexity index is 1310. The van der Waals surface area contributed by atoms with Gasteiger partial charge in [-0.15, -0.1) is 0 Å². The number of aromatic amines is 1. The van der Waals surface area contributed by atoms with Gasteiger partial charge in [0.25, 0.3) is 0 Å². The van der Waals surface area contributed by atoms with Gasteiger partial charge in [-0.25, -0.2) is 14.4 Å². The van der Waals surface area contributed by atoms with Gasteiger partial charge in [0.15, 0.2) is 0 Å². The number of nitriles is 1. The molecule has 0 saturated heterocycles. The van der Waals surface area contributed by atoms with Gasteiger partial charge >= 0.3 is 0 Å². The second-order valence-corrected chi connectivity index (χ2v) is 7.85. The smallest absolute Gasteiger partial charge is 0.227 e. The van der Waals surface area contributed by atoms with Gasteiger partial charge in [-0.3, -0.25) is 0 Å². The van der Waals surface area contributed by atoms with Crippen LogP contribution in [0.15, 0.2) is 48.7 Å². The zero-order valence-electron chi connectivity index (χ0n) is 16.2. The molecular formula is C23H17ClFN5. The van der Waals surface area contributed by atoms with Crippen molar-refractivity contribution in [1.82, 2.24) is 15.0 Å². The summed E-state index contributed by atoms with van der Waals surface area (Å²) >= 11 is 6.07. The third-order valence-electron chi connectivity index (χ3n) is 5.58. The Balaban J connectivity index is 1.72. The van der Waals surface area contributed by atoms with Crippen LogP contribution in [0.4, 0.5) is 10.3 Å². The Labute approximate surface area is 177 Å². The Hall–Kier alpha value is -3.43. The van der Waals surface area contributed by atoms with Gasteiger partial charge in [0, 0.05) is 29.3 Å². The molecule has 1 aliphatic heterocycles. The van der Waals surface area contributed by atoms with E-state index in [-0.39, 0.29) is 11.1 Å². The number of aryl methyl sites for hydroxylation is 1. The summed E-state index contributed by atoms with van der Waals surface area (Å²) in [5, 5.41) is 10.3. The van der Waals surface area contributed by atoms with Crippen LogP contribution in [0.3, 0.4) is 0 Å². The highest BCUT2D eigenvalue weighted by atomic mass is 35.5. The average Bonchev–Trinajstić information content (AvgIpc) is 3.11. The SMILES string of the molecule is Cc1ccc(C2c3[nH]c4cc(F)c(Cl)cc4c3CCN2c2nccc(C#N)n2)cc1. The maximum atomic E-state index is 14.1. The van der Waals surface area contributed by atoms with E-state index in [1.54, 1.807) is 18.3 Å². The fraction of sp³-hybridized carbons (Fsp3) is 0.174. The van der Waals surface area contributed by atoms with Crippen LogP contribution < -0.4 is 4.90 Å². The lowest BCUT2D eigenvalue weighted by atomic mass is 9.92. The van der Waals surface area contributed by atoms with Crippen LogP contribution in [0.5, 0.6) is 0 Å². The molecule has 5 nitrogen and oxygen atoms in total. The minimum atomic E-state index is -0.448. The summed E-state index contributed by atoms with van der Waals surface area (Å²) in [5.41, 5.74) is 5.34. The maximum Gasteiger partial charge on any atom is 0.227 e. The molecule has 1 unspecified atom stereocenters. The fourth-order valence-corrected chi connectivity index (χ4v) is 4.31. The minimum absolute atomic E-state index is 0.115. The van der Waals surface area contributed by atoms with Gasteiger partial charge in [0.2, 0.25) is 5.95 Å². The van der Waals surface area contributed by atoms with Crippen LogP contribution >= 0.6 is 11.6 Å². The predicted molar refractivity (Wildman–Crippen MR) is 114 cm³/mol. The molecule has 0 radical (unpaired) electrons. The minimum Gasteiger partial charge on any atom is -0.356 e. The number of hydrogen-bond donors (Lipinski definition) is 1. The quantitative estimate of drug-likeness (QED) is 0.493. The lowest BCUT2D eigenvalue weighted by Gasteiger charge is -2.36. The van der Waals surface area contributed by atoms with Crippen LogP contribution in [0.1, 0.15) is 34.1 Å². The van der Waals surface area contributed by atoms with E-state index in [2.05, 4.69) is 50.2 Å². The first kappa shape index (κ1) is 18.6. The number of anilines is 1. The number of fused-ring (bicyclic) bond motifs is 3. The summed E-state index contributed by atoms with van der Waals surface area (Å²) in [6.45, 7) is 2.70. The molecular weight excluding hydrogens is 401 g/mol. The maximum absolute atomic E-state index is 14.1. The van der Waals surface area contributed by atoms with Crippen LogP contribution in [-0.4, -0.2) is 21.5 Å². The first-order valence-corrected chi connectivity index (χ1v) is 9.99. The molecule has 7 heteroatoms. The molecule has 30 heavy (non-hydrogen) atoms. The molecule has 0 spiro atoms. The number of nitrogens with zero attached hydrogens (tertiary/aromatic N) is 4. The topological polar surface area (TPSA) is 68.6 Å². The zero-order valence-corrected chi connectivity index (χ0v) is 16.9. The monoisotopic (exact) mass is 417 g/mol. The number of hydrogen-bond acceptors (Lipinski definition) is 4. The van der Waals surface area contributed by atoms with Gasteiger partial charge in [0.05, 0.1) is 11.1 Å². The summed E-state index contributed by atoms with van der Waals surface area (Å²) in [7, 11) is 0. The molecule has 3 heterocycles. The Morgan fingerprint density at radius 1 is 1.23 bits per heavy atom. The van der Waals surface area contributed by atoms with E-state index in [0.29, 0.717) is 23.7 Å². The Kier molecular flexibility index (Phi) is 4.41. The predicted octanol–water partition coefficient (Wildman–Crippen LogP) is 5.08. The standard InChI is InChI=1S/C23H17ClFN5/c1-13-2-4-14(5-3-13)22-21-16(17-10-18(24)19(25)11-20(17)29-21)7-9-30(22)23-27-8-6-15(12-26)28-23/h2-6,8,10-11,22,29H,7,9H2,1H3. The van der Waals surface area contributed by atoms with Crippen LogP contribution in [0.2, 0.25) is 5.02 Å². The highest BCUT2D eigenvalue weighted by molar-refractivity contribution is 6.31. The van der Waals surface area contributed by atoms with E-state index in [1.807, 2.05) is 6.92 Å². The van der Waals surface area contributed by atoms with Crippen molar-refractivity contribution in [3.63, 3.8) is 0 Å². The summed E-state index contributed by atoms with van der Waals surface area (Å²) in [6.07, 6.45) is 2.32. The molecule has 1 aliphatic rings. The van der Waals surface area contributed by atoms with Crippen LogP contribution in [0.25, 0.3) is 10.9 Å².